The normalized spacial score (nSPS) is 27.3. The molecule has 0 spiro atoms. The number of benzene rings is 1. The minimum absolute atomic E-state index is 0.00130. The van der Waals surface area contributed by atoms with E-state index in [0.29, 0.717) is 37.3 Å². The van der Waals surface area contributed by atoms with Gasteiger partial charge in [-0.3, -0.25) is 19.3 Å². The summed E-state index contributed by atoms with van der Waals surface area (Å²) in [6, 6.07) is 8.50. The Labute approximate surface area is 169 Å². The molecule has 2 N–H and O–H groups in total. The lowest BCUT2D eigenvalue weighted by atomic mass is 10.1. The third kappa shape index (κ3) is 3.36. The number of amides is 3. The van der Waals surface area contributed by atoms with Crippen LogP contribution in [0.4, 0.5) is 5.69 Å². The van der Waals surface area contributed by atoms with Gasteiger partial charge in [-0.05, 0) is 37.5 Å². The van der Waals surface area contributed by atoms with E-state index in [4.69, 9.17) is 5.73 Å². The summed E-state index contributed by atoms with van der Waals surface area (Å²) in [6.45, 7) is 3.71. The standard InChI is InChI=1S/C21H25N5O3/c1-13(20(28)25-7-3-6-16(25)10-22)11-24-12-17-9-18(24)21(29)26(17)15-5-2-4-14(8-15)19(23)27/h2,4-5,8,13,16-18H,3,6-7,9,11-12H2,1H3,(H2,23,27)/t13-,16-,17+,18+/m0/s1. The highest BCUT2D eigenvalue weighted by Gasteiger charge is 2.50. The number of hydrogen-bond donors (Lipinski definition) is 1. The Kier molecular flexibility index (Phi) is 5.01. The van der Waals surface area contributed by atoms with Crippen LogP contribution in [-0.4, -0.2) is 65.3 Å². The van der Waals surface area contributed by atoms with Crippen LogP contribution >= 0.6 is 0 Å². The zero-order chi connectivity index (χ0) is 20.7. The van der Waals surface area contributed by atoms with E-state index >= 15 is 0 Å². The first kappa shape index (κ1) is 19.4. The first-order valence-corrected chi connectivity index (χ1v) is 10.1. The Hall–Kier alpha value is -2.92. The number of piperazine rings is 1. The van der Waals surface area contributed by atoms with Gasteiger partial charge in [-0.25, -0.2) is 0 Å². The van der Waals surface area contributed by atoms with E-state index < -0.39 is 5.91 Å². The highest BCUT2D eigenvalue weighted by molar-refractivity contribution is 6.02. The number of nitriles is 1. The maximum atomic E-state index is 13.0. The van der Waals surface area contributed by atoms with E-state index in [2.05, 4.69) is 11.0 Å². The number of nitrogens with two attached hydrogens (primary N) is 1. The van der Waals surface area contributed by atoms with Crippen LogP contribution in [0.2, 0.25) is 0 Å². The van der Waals surface area contributed by atoms with Gasteiger partial charge in [0, 0.05) is 36.8 Å². The molecule has 8 heteroatoms. The Morgan fingerprint density at radius 2 is 2.17 bits per heavy atom. The van der Waals surface area contributed by atoms with E-state index in [1.54, 1.807) is 28.0 Å². The molecule has 3 saturated heterocycles. The van der Waals surface area contributed by atoms with Gasteiger partial charge >= 0.3 is 0 Å². The highest BCUT2D eigenvalue weighted by Crippen LogP contribution is 2.36. The molecule has 4 rings (SSSR count). The summed E-state index contributed by atoms with van der Waals surface area (Å²) in [7, 11) is 0. The van der Waals surface area contributed by atoms with Crippen molar-refractivity contribution in [3.8, 4) is 6.07 Å². The van der Waals surface area contributed by atoms with Gasteiger partial charge in [0.1, 0.15) is 6.04 Å². The topological polar surface area (TPSA) is 111 Å². The maximum absolute atomic E-state index is 13.0. The average molecular weight is 395 g/mol. The summed E-state index contributed by atoms with van der Waals surface area (Å²) in [6.07, 6.45) is 2.31. The number of fused-ring (bicyclic) bond motifs is 2. The molecule has 0 radical (unpaired) electrons. The molecule has 8 nitrogen and oxygen atoms in total. The second-order valence-electron chi connectivity index (χ2n) is 8.20. The van der Waals surface area contributed by atoms with Crippen LogP contribution in [0.25, 0.3) is 0 Å². The molecule has 0 saturated carbocycles. The number of nitrogens with zero attached hydrogens (tertiary/aromatic N) is 4. The lowest BCUT2D eigenvalue weighted by Crippen LogP contribution is -2.53. The minimum atomic E-state index is -0.518. The number of hydrogen-bond acceptors (Lipinski definition) is 5. The monoisotopic (exact) mass is 395 g/mol. The zero-order valence-corrected chi connectivity index (χ0v) is 16.5. The zero-order valence-electron chi connectivity index (χ0n) is 16.5. The summed E-state index contributed by atoms with van der Waals surface area (Å²) in [5.41, 5.74) is 6.43. The van der Waals surface area contributed by atoms with Crippen molar-refractivity contribution >= 4 is 23.4 Å². The molecule has 3 heterocycles. The fourth-order valence-corrected chi connectivity index (χ4v) is 4.89. The molecule has 1 aromatic rings. The van der Waals surface area contributed by atoms with Crippen LogP contribution in [0.3, 0.4) is 0 Å². The molecule has 152 valence electrons. The fraction of sp³-hybridized carbons (Fsp3) is 0.524. The van der Waals surface area contributed by atoms with Gasteiger partial charge in [-0.15, -0.1) is 0 Å². The molecule has 2 bridgehead atoms. The van der Waals surface area contributed by atoms with Gasteiger partial charge in [0.2, 0.25) is 17.7 Å². The molecule has 3 aliphatic rings. The van der Waals surface area contributed by atoms with Crippen molar-refractivity contribution in [3.05, 3.63) is 29.8 Å². The molecular formula is C21H25N5O3. The summed E-state index contributed by atoms with van der Waals surface area (Å²) in [5.74, 6) is -0.785. The predicted molar refractivity (Wildman–Crippen MR) is 106 cm³/mol. The number of primary amides is 1. The lowest BCUT2D eigenvalue weighted by Gasteiger charge is -2.35. The molecule has 0 unspecified atom stereocenters. The Bertz CT molecular complexity index is 895. The maximum Gasteiger partial charge on any atom is 0.248 e. The van der Waals surface area contributed by atoms with Crippen molar-refractivity contribution in [2.45, 2.75) is 44.3 Å². The van der Waals surface area contributed by atoms with Crippen molar-refractivity contribution in [1.29, 1.82) is 5.26 Å². The van der Waals surface area contributed by atoms with Crippen molar-refractivity contribution in [3.63, 3.8) is 0 Å². The molecule has 3 aliphatic heterocycles. The molecule has 0 aliphatic carbocycles. The fourth-order valence-electron chi connectivity index (χ4n) is 4.89. The first-order valence-electron chi connectivity index (χ1n) is 10.1. The molecule has 29 heavy (non-hydrogen) atoms. The Balaban J connectivity index is 1.42. The summed E-state index contributed by atoms with van der Waals surface area (Å²) < 4.78 is 0. The first-order chi connectivity index (χ1) is 13.9. The molecule has 4 atom stereocenters. The number of carbonyl (C=O) groups excluding carboxylic acids is 3. The van der Waals surface area contributed by atoms with Crippen LogP contribution in [-0.2, 0) is 9.59 Å². The average Bonchev–Trinajstić information content (AvgIpc) is 3.41. The predicted octanol–water partition coefficient (Wildman–Crippen LogP) is 0.726. The third-order valence-corrected chi connectivity index (χ3v) is 6.29. The van der Waals surface area contributed by atoms with Gasteiger partial charge in [0.25, 0.3) is 0 Å². The van der Waals surface area contributed by atoms with E-state index in [9.17, 15) is 19.6 Å². The second-order valence-corrected chi connectivity index (χ2v) is 8.20. The van der Waals surface area contributed by atoms with E-state index in [-0.39, 0.29) is 35.9 Å². The SMILES string of the molecule is C[C@@H](CN1C[C@H]2C[C@@H]1C(=O)N2c1cccc(C(N)=O)c1)C(=O)N1CCC[C@H]1C#N. The van der Waals surface area contributed by atoms with Gasteiger partial charge in [0.15, 0.2) is 0 Å². The van der Waals surface area contributed by atoms with Crippen LogP contribution in [0.5, 0.6) is 0 Å². The van der Waals surface area contributed by atoms with Crippen LogP contribution in [0.15, 0.2) is 24.3 Å². The van der Waals surface area contributed by atoms with Crippen LogP contribution < -0.4 is 10.6 Å². The smallest absolute Gasteiger partial charge is 0.248 e. The number of rotatable bonds is 5. The van der Waals surface area contributed by atoms with Crippen molar-refractivity contribution in [1.82, 2.24) is 9.80 Å². The lowest BCUT2D eigenvalue weighted by molar-refractivity contribution is -0.136. The molecule has 3 amide bonds. The molecule has 1 aromatic carbocycles. The van der Waals surface area contributed by atoms with Gasteiger partial charge in [0.05, 0.1) is 18.2 Å². The minimum Gasteiger partial charge on any atom is -0.366 e. The van der Waals surface area contributed by atoms with Crippen molar-refractivity contribution < 1.29 is 14.4 Å². The van der Waals surface area contributed by atoms with Gasteiger partial charge in [-0.1, -0.05) is 13.0 Å². The summed E-state index contributed by atoms with van der Waals surface area (Å²) in [5, 5.41) is 9.23. The number of carbonyl (C=O) groups is 3. The van der Waals surface area contributed by atoms with Crippen LogP contribution in [0, 0.1) is 17.2 Å². The molecule has 3 fully saturated rings. The van der Waals surface area contributed by atoms with Gasteiger partial charge < -0.3 is 15.5 Å². The largest absolute Gasteiger partial charge is 0.366 e. The highest BCUT2D eigenvalue weighted by atomic mass is 16.2. The molecule has 0 aromatic heterocycles. The summed E-state index contributed by atoms with van der Waals surface area (Å²) in [4.78, 5) is 42.8. The second kappa shape index (κ2) is 7.48. The van der Waals surface area contributed by atoms with E-state index in [0.717, 1.165) is 12.8 Å². The molecular weight excluding hydrogens is 370 g/mol. The van der Waals surface area contributed by atoms with E-state index in [1.807, 2.05) is 13.0 Å². The van der Waals surface area contributed by atoms with Crippen LogP contribution in [0.1, 0.15) is 36.5 Å². The summed E-state index contributed by atoms with van der Waals surface area (Å²) >= 11 is 0. The van der Waals surface area contributed by atoms with Gasteiger partial charge in [-0.2, -0.15) is 5.26 Å². The third-order valence-electron chi connectivity index (χ3n) is 6.29. The van der Waals surface area contributed by atoms with Crippen molar-refractivity contribution in [2.24, 2.45) is 11.7 Å². The number of anilines is 1. The Morgan fingerprint density at radius 3 is 2.86 bits per heavy atom. The number of likely N-dealkylation sites (tertiary alicyclic amines) is 2. The Morgan fingerprint density at radius 1 is 1.38 bits per heavy atom. The van der Waals surface area contributed by atoms with Crippen molar-refractivity contribution in [2.75, 3.05) is 24.5 Å². The quantitative estimate of drug-likeness (QED) is 0.790. The van der Waals surface area contributed by atoms with E-state index in [1.165, 1.54) is 0 Å².